The predicted octanol–water partition coefficient (Wildman–Crippen LogP) is 6.57. The molecular weight excluding hydrogens is 1360 g/mol. The number of rotatable bonds is 20. The summed E-state index contributed by atoms with van der Waals surface area (Å²) in [4.78, 5) is 181. The molecule has 11 amide bonds. The highest BCUT2D eigenvalue weighted by Gasteiger charge is 2.46. The molecule has 12 atom stereocenters. The summed E-state index contributed by atoms with van der Waals surface area (Å²) >= 11 is 0. The molecule has 1 aliphatic heterocycles. The molecule has 0 radical (unpaired) electrons. The minimum absolute atomic E-state index is 0.0229. The monoisotopic (exact) mass is 1490 g/mol. The van der Waals surface area contributed by atoms with E-state index in [1.165, 1.54) is 114 Å². The molecule has 0 aromatic heterocycles. The van der Waals surface area contributed by atoms with Crippen molar-refractivity contribution >= 4 is 76.8 Å². The number of carbonyl (C=O) groups is 12. The summed E-state index contributed by atoms with van der Waals surface area (Å²) in [5.74, 6) is -9.52. The first kappa shape index (κ1) is 93.2. The number of nitrogens with zero attached hydrogens (tertiary/aromatic N) is 7. The van der Waals surface area contributed by atoms with Crippen LogP contribution >= 0.6 is 0 Å². The Morgan fingerprint density at radius 1 is 0.538 bits per heavy atom. The van der Waals surface area contributed by atoms with Gasteiger partial charge in [0.25, 0.3) is 0 Å². The van der Waals surface area contributed by atoms with Gasteiger partial charge in [0.2, 0.25) is 65.0 Å². The summed E-state index contributed by atoms with van der Waals surface area (Å²) in [6.07, 6.45) is 6.13. The fourth-order valence-electron chi connectivity index (χ4n) is 12.6. The molecule has 27 nitrogen and oxygen atoms in total. The molecule has 1 saturated heterocycles. The summed E-state index contributed by atoms with van der Waals surface area (Å²) in [5.41, 5.74) is 1.02. The minimum Gasteiger partial charge on any atom is -0.507 e. The maximum absolute atomic E-state index is 15.1. The van der Waals surface area contributed by atoms with Crippen molar-refractivity contribution in [2.75, 3.05) is 70.1 Å². The van der Waals surface area contributed by atoms with E-state index in [1.807, 2.05) is 91.8 Å². The lowest BCUT2D eigenvalue weighted by Gasteiger charge is -2.41. The van der Waals surface area contributed by atoms with Gasteiger partial charge in [-0.05, 0) is 112 Å². The normalized spacial score (nSPS) is 23.7. The smallest absolute Gasteiger partial charge is 0.246 e. The molecule has 6 N–H and O–H groups in total. The van der Waals surface area contributed by atoms with Crippen LogP contribution in [0.3, 0.4) is 0 Å². The number of ether oxygens (including phenoxy) is 2. The summed E-state index contributed by atoms with van der Waals surface area (Å²) in [5, 5.41) is 33.1. The van der Waals surface area contributed by atoms with Crippen LogP contribution in [0.15, 0.2) is 60.7 Å². The highest BCUT2D eigenvalue weighted by molar-refractivity contribution is 6.10. The lowest BCUT2D eigenvalue weighted by molar-refractivity contribution is -0.157. The van der Waals surface area contributed by atoms with Gasteiger partial charge < -0.3 is 75.3 Å². The highest BCUT2D eigenvalue weighted by Crippen LogP contribution is 2.34. The van der Waals surface area contributed by atoms with Crippen LogP contribution in [-0.2, 0) is 52.7 Å². The first-order chi connectivity index (χ1) is 49.4. The van der Waals surface area contributed by atoms with Gasteiger partial charge in [0.1, 0.15) is 83.2 Å². The van der Waals surface area contributed by atoms with E-state index in [4.69, 9.17) is 9.47 Å². The third-order valence-corrected chi connectivity index (χ3v) is 19.1. The summed E-state index contributed by atoms with van der Waals surface area (Å²) in [7, 11) is 12.8. The van der Waals surface area contributed by atoms with E-state index < -0.39 is 156 Å². The summed E-state index contributed by atoms with van der Waals surface area (Å²) in [6.45, 7) is 29.3. The van der Waals surface area contributed by atoms with Crippen LogP contribution < -0.4 is 30.7 Å². The number of nitrogens with one attached hydrogen (secondary N) is 4. The fraction of sp³-hybridized carbons (Fsp3) is 0.646. The fourth-order valence-corrected chi connectivity index (χ4v) is 12.6. The Labute approximate surface area is 630 Å². The topological polar surface area (TPSA) is 335 Å². The number of likely N-dealkylation sites (N-methyl/N-ethyl adjacent to an activating group) is 7. The Kier molecular flexibility index (Phi) is 38.4. The van der Waals surface area contributed by atoms with E-state index in [0.29, 0.717) is 12.2 Å². The van der Waals surface area contributed by atoms with Crippen molar-refractivity contribution in [3.8, 4) is 17.2 Å². The van der Waals surface area contributed by atoms with Gasteiger partial charge in [0, 0.05) is 61.5 Å². The van der Waals surface area contributed by atoms with Crippen LogP contribution in [0, 0.1) is 41.4 Å². The van der Waals surface area contributed by atoms with Gasteiger partial charge in [0.05, 0.1) is 26.9 Å². The number of allylic oxidation sites excluding steroid dienone is 3. The van der Waals surface area contributed by atoms with Crippen LogP contribution in [0.5, 0.6) is 17.2 Å². The average molecular weight is 1490 g/mol. The SMILES string of the molecule is CC=CCC(C)C(O)C1C(=O)NC(CC)C(=O)N(C)CC(=O)N(C)C(CC(C)C)C(=O)NC(C(C)C)C(=O)N(C)C(CC(C)C)C(=O)NC(C)C(=O)NC(C)C(=O)N(C)C(CC(C)C)C(=O)N(C)C(CC(C)C)C(=O)N(C)C(C(C)C)C(=O)N1C.COc1cc(O)c(C(=O)C=Cc2ccccc2)c(OC)c1. The van der Waals surface area contributed by atoms with E-state index in [2.05, 4.69) is 21.3 Å². The molecule has 106 heavy (non-hydrogen) atoms. The molecule has 0 spiro atoms. The van der Waals surface area contributed by atoms with Crippen LogP contribution in [0.2, 0.25) is 0 Å². The minimum atomic E-state index is -1.61. The van der Waals surface area contributed by atoms with E-state index in [0.717, 1.165) is 15.4 Å². The summed E-state index contributed by atoms with van der Waals surface area (Å²) in [6, 6.07) is 0.0497. The van der Waals surface area contributed by atoms with Gasteiger partial charge in [0.15, 0.2) is 5.78 Å². The van der Waals surface area contributed by atoms with Crippen molar-refractivity contribution < 1.29 is 77.2 Å². The van der Waals surface area contributed by atoms with Crippen LogP contribution in [0.4, 0.5) is 0 Å². The number of phenolic OH excluding ortho intramolecular Hbond substituents is 1. The molecule has 27 heteroatoms. The Hall–Kier alpha value is -8.88. The van der Waals surface area contributed by atoms with E-state index in [9.17, 15) is 58.2 Å². The van der Waals surface area contributed by atoms with Gasteiger partial charge in [-0.15, -0.1) is 0 Å². The number of benzene rings is 2. The second-order valence-corrected chi connectivity index (χ2v) is 30.4. The Balaban J connectivity index is 0.00000154. The van der Waals surface area contributed by atoms with Crippen molar-refractivity contribution in [1.29, 1.82) is 0 Å². The third kappa shape index (κ3) is 26.6. The number of hydrogen-bond donors (Lipinski definition) is 6. The third-order valence-electron chi connectivity index (χ3n) is 19.1. The van der Waals surface area contributed by atoms with Gasteiger partial charge in [-0.3, -0.25) is 57.5 Å². The molecule has 1 aliphatic rings. The first-order valence-corrected chi connectivity index (χ1v) is 36.9. The average Bonchev–Trinajstić information content (AvgIpc) is 0.803. The largest absolute Gasteiger partial charge is 0.507 e. The Morgan fingerprint density at radius 3 is 1.49 bits per heavy atom. The molecule has 1 fully saturated rings. The number of hydrogen-bond acceptors (Lipinski definition) is 16. The van der Waals surface area contributed by atoms with Gasteiger partial charge in [-0.2, -0.15) is 0 Å². The molecule has 0 aliphatic carbocycles. The molecular formula is C79H127N11O16. The molecule has 12 unspecified atom stereocenters. The van der Waals surface area contributed by atoms with E-state index >= 15 is 9.59 Å². The number of phenols is 1. The number of methoxy groups -OCH3 is 2. The maximum Gasteiger partial charge on any atom is 0.246 e. The van der Waals surface area contributed by atoms with Crippen molar-refractivity contribution in [3.05, 3.63) is 71.8 Å². The molecule has 0 saturated carbocycles. The summed E-state index contributed by atoms with van der Waals surface area (Å²) < 4.78 is 10.2. The Bertz CT molecular complexity index is 3360. The molecule has 3 rings (SSSR count). The zero-order chi connectivity index (χ0) is 81.2. The van der Waals surface area contributed by atoms with Gasteiger partial charge >= 0.3 is 0 Å². The highest BCUT2D eigenvalue weighted by atomic mass is 16.5. The number of ketones is 1. The number of amides is 11. The lowest BCUT2D eigenvalue weighted by Crippen LogP contribution is -2.63. The number of aliphatic hydroxyl groups is 1. The van der Waals surface area contributed by atoms with Gasteiger partial charge in [-0.1, -0.05) is 145 Å². The quantitative estimate of drug-likeness (QED) is 0.0463. The van der Waals surface area contributed by atoms with Crippen LogP contribution in [-0.4, -0.2) is 252 Å². The zero-order valence-electron chi connectivity index (χ0n) is 67.9. The van der Waals surface area contributed by atoms with Crippen LogP contribution in [0.25, 0.3) is 6.08 Å². The van der Waals surface area contributed by atoms with Crippen LogP contribution in [0.1, 0.15) is 172 Å². The molecule has 1 heterocycles. The molecule has 2 aromatic carbocycles. The molecule has 0 bridgehead atoms. The van der Waals surface area contributed by atoms with E-state index in [1.54, 1.807) is 66.7 Å². The predicted molar refractivity (Wildman–Crippen MR) is 409 cm³/mol. The Morgan fingerprint density at radius 2 is 1.01 bits per heavy atom. The standard InChI is InChI=1S/C62H111N11O12.C17H16O4/c1-25-27-28-40(15)52(75)51-56(79)65-43(26-2)58(81)67(18)33-48(74)68(19)44(29-34(3)4)55(78)66-49(38(11)12)61(84)69(20)45(30-35(5)6)54(77)63-41(16)53(76)64-42(17)57(80)70(21)46(31-36(7)8)59(82)71(22)47(32-37(9)10)60(83)72(23)50(39(13)14)62(85)73(51)24;1-20-13-10-15(19)17(16(11-13)21-2)14(18)9-8-12-6-4-3-5-7-12/h25,27,34-47,49-52,75H,26,28-33H2,1-24H3,(H,63,77)(H,64,76)(H,65,79)(H,66,78);3-11,19H,1-2H3. The van der Waals surface area contributed by atoms with Crippen molar-refractivity contribution in [2.45, 2.75) is 223 Å². The van der Waals surface area contributed by atoms with Crippen molar-refractivity contribution in [1.82, 2.24) is 55.6 Å². The maximum atomic E-state index is 15.1. The van der Waals surface area contributed by atoms with Gasteiger partial charge in [-0.25, -0.2) is 0 Å². The van der Waals surface area contributed by atoms with E-state index in [-0.39, 0.29) is 78.6 Å². The number of carbonyl (C=O) groups excluding carboxylic acids is 12. The number of aromatic hydroxyl groups is 1. The molecule has 2 aromatic rings. The number of aliphatic hydroxyl groups excluding tert-OH is 1. The second-order valence-electron chi connectivity index (χ2n) is 30.4. The van der Waals surface area contributed by atoms with Crippen molar-refractivity contribution in [2.24, 2.45) is 41.4 Å². The second kappa shape index (κ2) is 43.7. The lowest BCUT2D eigenvalue weighted by atomic mass is 9.91. The first-order valence-electron chi connectivity index (χ1n) is 36.9. The van der Waals surface area contributed by atoms with Crippen molar-refractivity contribution in [3.63, 3.8) is 0 Å². The zero-order valence-corrected chi connectivity index (χ0v) is 67.9. The molecule has 594 valence electrons.